The number of hydrogen-bond donors (Lipinski definition) is 1. The molecule has 1 atom stereocenters. The monoisotopic (exact) mass is 511 g/mol. The fourth-order valence-corrected chi connectivity index (χ4v) is 5.01. The molecule has 182 valence electrons. The van der Waals surface area contributed by atoms with Crippen LogP contribution in [0.25, 0.3) is 10.8 Å². The molecule has 4 rings (SSSR count). The van der Waals surface area contributed by atoms with Gasteiger partial charge in [-0.1, -0.05) is 53.5 Å². The highest BCUT2D eigenvalue weighted by molar-refractivity contribution is 6.36. The molecule has 8 heteroatoms. The van der Waals surface area contributed by atoms with E-state index in [0.717, 1.165) is 16.5 Å². The molecule has 0 spiro atoms. The second-order valence-electron chi connectivity index (χ2n) is 8.53. The minimum Gasteiger partial charge on any atom is -0.355 e. The molecule has 0 radical (unpaired) electrons. The zero-order valence-corrected chi connectivity index (χ0v) is 21.2. The SMILES string of the molecule is CCNC(=O)[C@H](C)N(Cc1c(Cl)cccc1Cl)C(=O)CCCN1C(=O)c2cccc3cccc1c23. The maximum atomic E-state index is 13.3. The summed E-state index contributed by atoms with van der Waals surface area (Å²) < 4.78 is 0. The molecular weight excluding hydrogens is 485 g/mol. The van der Waals surface area contributed by atoms with E-state index in [4.69, 9.17) is 23.2 Å². The molecule has 3 aromatic rings. The van der Waals surface area contributed by atoms with Gasteiger partial charge in [-0.05, 0) is 49.9 Å². The van der Waals surface area contributed by atoms with E-state index in [0.29, 0.717) is 40.7 Å². The van der Waals surface area contributed by atoms with E-state index < -0.39 is 6.04 Å². The Labute approximate surface area is 214 Å². The fourth-order valence-electron chi connectivity index (χ4n) is 4.49. The molecule has 0 saturated heterocycles. The molecule has 3 amide bonds. The van der Waals surface area contributed by atoms with Gasteiger partial charge in [0.05, 0.1) is 5.69 Å². The number of amides is 3. The van der Waals surface area contributed by atoms with Gasteiger partial charge in [-0.3, -0.25) is 14.4 Å². The Hall–Kier alpha value is -3.09. The molecule has 0 unspecified atom stereocenters. The van der Waals surface area contributed by atoms with Crippen LogP contribution in [0, 0.1) is 0 Å². The highest BCUT2D eigenvalue weighted by Crippen LogP contribution is 2.37. The molecule has 6 nitrogen and oxygen atoms in total. The first-order chi connectivity index (χ1) is 16.8. The lowest BCUT2D eigenvalue weighted by Gasteiger charge is -2.29. The third kappa shape index (κ3) is 5.00. The molecule has 0 saturated carbocycles. The summed E-state index contributed by atoms with van der Waals surface area (Å²) in [4.78, 5) is 42.2. The molecule has 1 aliphatic heterocycles. The van der Waals surface area contributed by atoms with Crippen molar-refractivity contribution < 1.29 is 14.4 Å². The largest absolute Gasteiger partial charge is 0.355 e. The van der Waals surface area contributed by atoms with Crippen molar-refractivity contribution >= 4 is 57.4 Å². The van der Waals surface area contributed by atoms with Gasteiger partial charge in [0, 0.05) is 52.6 Å². The van der Waals surface area contributed by atoms with E-state index in [1.165, 1.54) is 4.90 Å². The molecule has 0 aromatic heterocycles. The smallest absolute Gasteiger partial charge is 0.258 e. The molecular formula is C27H27Cl2N3O3. The second-order valence-corrected chi connectivity index (χ2v) is 9.35. The first kappa shape index (κ1) is 25.0. The van der Waals surface area contributed by atoms with Crippen molar-refractivity contribution in [3.63, 3.8) is 0 Å². The number of hydrogen-bond acceptors (Lipinski definition) is 3. The van der Waals surface area contributed by atoms with Gasteiger partial charge in [-0.15, -0.1) is 0 Å². The number of carbonyl (C=O) groups excluding carboxylic acids is 3. The molecule has 0 fully saturated rings. The van der Waals surface area contributed by atoms with Gasteiger partial charge in [-0.25, -0.2) is 0 Å². The van der Waals surface area contributed by atoms with Crippen molar-refractivity contribution in [2.45, 2.75) is 39.3 Å². The van der Waals surface area contributed by atoms with E-state index in [-0.39, 0.29) is 30.7 Å². The molecule has 0 aliphatic carbocycles. The summed E-state index contributed by atoms with van der Waals surface area (Å²) in [5, 5.41) is 5.61. The maximum absolute atomic E-state index is 13.3. The van der Waals surface area contributed by atoms with Crippen LogP contribution in [0.15, 0.2) is 54.6 Å². The van der Waals surface area contributed by atoms with Gasteiger partial charge in [-0.2, -0.15) is 0 Å². The van der Waals surface area contributed by atoms with Crippen LogP contribution in [0.5, 0.6) is 0 Å². The Morgan fingerprint density at radius 2 is 1.69 bits per heavy atom. The van der Waals surface area contributed by atoms with Gasteiger partial charge in [0.2, 0.25) is 11.8 Å². The number of carbonyl (C=O) groups is 3. The van der Waals surface area contributed by atoms with E-state index in [9.17, 15) is 14.4 Å². The summed E-state index contributed by atoms with van der Waals surface area (Å²) in [6, 6.07) is 16.0. The highest BCUT2D eigenvalue weighted by atomic mass is 35.5. The summed E-state index contributed by atoms with van der Waals surface area (Å²) in [5.74, 6) is -0.511. The standard InChI is InChI=1S/C27H27Cl2N3O3/c1-3-30-26(34)17(2)32(16-20-21(28)11-6-12-22(20)29)24(33)14-7-15-31-23-13-5-9-18-8-4-10-19(25(18)23)27(31)35/h4-6,8-13,17H,3,7,14-16H2,1-2H3,(H,30,34)/t17-/m0/s1. The van der Waals surface area contributed by atoms with E-state index in [1.807, 2.05) is 43.3 Å². The first-order valence-corrected chi connectivity index (χ1v) is 12.4. The number of rotatable bonds is 9. The minimum absolute atomic E-state index is 0.0559. The van der Waals surface area contributed by atoms with Crippen LogP contribution in [0.2, 0.25) is 10.0 Å². The van der Waals surface area contributed by atoms with Gasteiger partial charge >= 0.3 is 0 Å². The van der Waals surface area contributed by atoms with Crippen LogP contribution in [-0.2, 0) is 16.1 Å². The van der Waals surface area contributed by atoms with Crippen molar-refractivity contribution in [2.24, 2.45) is 0 Å². The normalized spacial score (nSPS) is 13.3. The van der Waals surface area contributed by atoms with Crippen LogP contribution >= 0.6 is 23.2 Å². The van der Waals surface area contributed by atoms with Crippen molar-refractivity contribution in [3.8, 4) is 0 Å². The Morgan fingerprint density at radius 1 is 1.03 bits per heavy atom. The summed E-state index contributed by atoms with van der Waals surface area (Å²) in [5.41, 5.74) is 2.15. The topological polar surface area (TPSA) is 69.7 Å². The molecule has 1 heterocycles. The van der Waals surface area contributed by atoms with Crippen LogP contribution in [0.3, 0.4) is 0 Å². The average molecular weight is 512 g/mol. The Morgan fingerprint density at radius 3 is 2.37 bits per heavy atom. The van der Waals surface area contributed by atoms with Crippen LogP contribution in [0.4, 0.5) is 5.69 Å². The van der Waals surface area contributed by atoms with E-state index in [1.54, 1.807) is 30.0 Å². The molecule has 1 N–H and O–H groups in total. The lowest BCUT2D eigenvalue weighted by Crippen LogP contribution is -2.47. The number of nitrogens with zero attached hydrogens (tertiary/aromatic N) is 2. The number of halogens is 2. The number of nitrogens with one attached hydrogen (secondary N) is 1. The Balaban J connectivity index is 1.49. The predicted molar refractivity (Wildman–Crippen MR) is 140 cm³/mol. The predicted octanol–water partition coefficient (Wildman–Crippen LogP) is 5.44. The summed E-state index contributed by atoms with van der Waals surface area (Å²) >= 11 is 12.7. The van der Waals surface area contributed by atoms with Gasteiger partial charge < -0.3 is 15.1 Å². The fraction of sp³-hybridized carbons (Fsp3) is 0.296. The summed E-state index contributed by atoms with van der Waals surface area (Å²) in [7, 11) is 0. The van der Waals surface area contributed by atoms with E-state index in [2.05, 4.69) is 5.32 Å². The average Bonchev–Trinajstić information content (AvgIpc) is 3.11. The Kier molecular flexibility index (Phi) is 7.63. The van der Waals surface area contributed by atoms with Crippen LogP contribution in [0.1, 0.15) is 42.6 Å². The number of anilines is 1. The molecule has 1 aliphatic rings. The lowest BCUT2D eigenvalue weighted by molar-refractivity contribution is -0.140. The van der Waals surface area contributed by atoms with Crippen LogP contribution in [-0.4, -0.2) is 41.8 Å². The zero-order chi connectivity index (χ0) is 25.1. The number of benzene rings is 3. The van der Waals surface area contributed by atoms with Gasteiger partial charge in [0.15, 0.2) is 0 Å². The minimum atomic E-state index is -0.707. The van der Waals surface area contributed by atoms with E-state index >= 15 is 0 Å². The maximum Gasteiger partial charge on any atom is 0.258 e. The third-order valence-electron chi connectivity index (χ3n) is 6.33. The molecule has 35 heavy (non-hydrogen) atoms. The van der Waals surface area contributed by atoms with Crippen molar-refractivity contribution in [2.75, 3.05) is 18.0 Å². The third-order valence-corrected chi connectivity index (χ3v) is 7.04. The van der Waals surface area contributed by atoms with Crippen molar-refractivity contribution in [1.29, 1.82) is 0 Å². The number of likely N-dealkylation sites (N-methyl/N-ethyl adjacent to an activating group) is 1. The molecule has 0 bridgehead atoms. The first-order valence-electron chi connectivity index (χ1n) is 11.7. The van der Waals surface area contributed by atoms with Crippen molar-refractivity contribution in [3.05, 3.63) is 75.8 Å². The lowest BCUT2D eigenvalue weighted by atomic mass is 10.1. The summed E-state index contributed by atoms with van der Waals surface area (Å²) in [6.07, 6.45) is 0.617. The quantitative estimate of drug-likeness (QED) is 0.415. The molecule has 3 aromatic carbocycles. The Bertz CT molecular complexity index is 1270. The van der Waals surface area contributed by atoms with Gasteiger partial charge in [0.1, 0.15) is 6.04 Å². The van der Waals surface area contributed by atoms with Crippen LogP contribution < -0.4 is 10.2 Å². The highest BCUT2D eigenvalue weighted by Gasteiger charge is 2.30. The summed E-state index contributed by atoms with van der Waals surface area (Å²) in [6.45, 7) is 4.49. The zero-order valence-electron chi connectivity index (χ0n) is 19.7. The van der Waals surface area contributed by atoms with Gasteiger partial charge in [0.25, 0.3) is 5.91 Å². The van der Waals surface area contributed by atoms with Crippen molar-refractivity contribution in [1.82, 2.24) is 10.2 Å². The second kappa shape index (κ2) is 10.7.